The number of nitrogens with two attached hydrogens (primary N) is 1. The first-order valence-corrected chi connectivity index (χ1v) is 6.87. The van der Waals surface area contributed by atoms with Crippen LogP contribution in [0, 0.1) is 11.8 Å². The molecule has 0 saturated heterocycles. The summed E-state index contributed by atoms with van der Waals surface area (Å²) in [6, 6.07) is 5.64. The van der Waals surface area contributed by atoms with Gasteiger partial charge in [0.15, 0.2) is 0 Å². The molecule has 0 aromatic heterocycles. The molecule has 1 aromatic rings. The maximum absolute atomic E-state index is 12.7. The zero-order valence-corrected chi connectivity index (χ0v) is 10.9. The average Bonchev–Trinajstić information content (AvgIpc) is 2.89. The fraction of sp³-hybridized carbons (Fsp3) is 0.600. The minimum Gasteiger partial charge on any atom is -0.330 e. The molecule has 19 heavy (non-hydrogen) atoms. The van der Waals surface area contributed by atoms with Crippen molar-refractivity contribution in [2.24, 2.45) is 17.6 Å². The van der Waals surface area contributed by atoms with Gasteiger partial charge in [0, 0.05) is 0 Å². The van der Waals surface area contributed by atoms with Crippen molar-refractivity contribution >= 4 is 0 Å². The molecule has 0 bridgehead atoms. The Morgan fingerprint density at radius 2 is 1.89 bits per heavy atom. The lowest BCUT2D eigenvalue weighted by atomic mass is 9.85. The molecule has 2 rings (SSSR count). The molecule has 0 radical (unpaired) electrons. The van der Waals surface area contributed by atoms with Gasteiger partial charge in [0.1, 0.15) is 0 Å². The topological polar surface area (TPSA) is 26.0 Å². The fourth-order valence-corrected chi connectivity index (χ4v) is 3.05. The van der Waals surface area contributed by atoms with Crippen molar-refractivity contribution in [3.63, 3.8) is 0 Å². The van der Waals surface area contributed by atoms with Crippen LogP contribution in [-0.2, 0) is 12.6 Å². The highest BCUT2D eigenvalue weighted by molar-refractivity contribution is 5.26. The minimum atomic E-state index is -4.26. The maximum atomic E-state index is 12.7. The molecule has 0 aliphatic heterocycles. The fourth-order valence-electron chi connectivity index (χ4n) is 3.05. The number of alkyl halides is 3. The standard InChI is InChI=1S/C15H20F3N/c16-15(17,18)14-7-3-4-11(9-14)8-13(10-19)12-5-1-2-6-12/h3-4,7,9,12-13H,1-2,5-6,8,10,19H2. The van der Waals surface area contributed by atoms with Crippen LogP contribution in [0.4, 0.5) is 13.2 Å². The first-order valence-electron chi connectivity index (χ1n) is 6.87. The van der Waals surface area contributed by atoms with Crippen LogP contribution < -0.4 is 5.73 Å². The van der Waals surface area contributed by atoms with E-state index in [-0.39, 0.29) is 0 Å². The van der Waals surface area contributed by atoms with Gasteiger partial charge in [0.05, 0.1) is 5.56 Å². The molecule has 1 saturated carbocycles. The Morgan fingerprint density at radius 3 is 2.47 bits per heavy atom. The number of benzene rings is 1. The Hall–Kier alpha value is -1.03. The van der Waals surface area contributed by atoms with Crippen LogP contribution in [0.15, 0.2) is 24.3 Å². The Kier molecular flexibility index (Phi) is 4.50. The average molecular weight is 271 g/mol. The molecule has 4 heteroatoms. The SMILES string of the molecule is NCC(Cc1cccc(C(F)(F)F)c1)C1CCCC1. The maximum Gasteiger partial charge on any atom is 0.416 e. The molecule has 0 spiro atoms. The van der Waals surface area contributed by atoms with E-state index in [2.05, 4.69) is 0 Å². The summed E-state index contributed by atoms with van der Waals surface area (Å²) in [5.41, 5.74) is 5.99. The summed E-state index contributed by atoms with van der Waals surface area (Å²) in [5, 5.41) is 0. The molecular weight excluding hydrogens is 251 g/mol. The van der Waals surface area contributed by atoms with Crippen LogP contribution in [-0.4, -0.2) is 6.54 Å². The van der Waals surface area contributed by atoms with Gasteiger partial charge in [0.2, 0.25) is 0 Å². The first-order chi connectivity index (χ1) is 9.00. The summed E-state index contributed by atoms with van der Waals surface area (Å²) in [6.45, 7) is 0.556. The number of hydrogen-bond acceptors (Lipinski definition) is 1. The van der Waals surface area contributed by atoms with Gasteiger partial charge in [0.25, 0.3) is 0 Å². The van der Waals surface area contributed by atoms with E-state index in [4.69, 9.17) is 5.73 Å². The second-order valence-electron chi connectivity index (χ2n) is 5.44. The second kappa shape index (κ2) is 5.95. The molecule has 1 atom stereocenters. The smallest absolute Gasteiger partial charge is 0.330 e. The summed E-state index contributed by atoms with van der Waals surface area (Å²) in [7, 11) is 0. The lowest BCUT2D eigenvalue weighted by molar-refractivity contribution is -0.137. The van der Waals surface area contributed by atoms with Crippen molar-refractivity contribution < 1.29 is 13.2 Å². The lowest BCUT2D eigenvalue weighted by Crippen LogP contribution is -2.24. The Labute approximate surface area is 112 Å². The molecule has 106 valence electrons. The van der Waals surface area contributed by atoms with Crippen LogP contribution in [0.3, 0.4) is 0 Å². The van der Waals surface area contributed by atoms with Crippen molar-refractivity contribution in [1.29, 1.82) is 0 Å². The predicted octanol–water partition coefficient (Wildman–Crippen LogP) is 4.01. The third-order valence-electron chi connectivity index (χ3n) is 4.12. The zero-order chi connectivity index (χ0) is 13.9. The zero-order valence-electron chi connectivity index (χ0n) is 10.9. The highest BCUT2D eigenvalue weighted by Gasteiger charge is 2.31. The van der Waals surface area contributed by atoms with Gasteiger partial charge < -0.3 is 5.73 Å². The van der Waals surface area contributed by atoms with Crippen LogP contribution >= 0.6 is 0 Å². The van der Waals surface area contributed by atoms with E-state index in [9.17, 15) is 13.2 Å². The van der Waals surface area contributed by atoms with E-state index in [1.54, 1.807) is 6.07 Å². The Bertz CT molecular complexity index is 408. The van der Waals surface area contributed by atoms with E-state index in [1.807, 2.05) is 0 Å². The van der Waals surface area contributed by atoms with Gasteiger partial charge in [-0.1, -0.05) is 43.9 Å². The van der Waals surface area contributed by atoms with Crippen molar-refractivity contribution in [3.8, 4) is 0 Å². The highest BCUT2D eigenvalue weighted by atomic mass is 19.4. The van der Waals surface area contributed by atoms with Crippen LogP contribution in [0.5, 0.6) is 0 Å². The number of hydrogen-bond donors (Lipinski definition) is 1. The molecule has 1 fully saturated rings. The summed E-state index contributed by atoms with van der Waals surface area (Å²) < 4.78 is 38.0. The van der Waals surface area contributed by atoms with Gasteiger partial charge in [-0.3, -0.25) is 0 Å². The van der Waals surface area contributed by atoms with Crippen molar-refractivity contribution in [3.05, 3.63) is 35.4 Å². The molecule has 1 aliphatic carbocycles. The summed E-state index contributed by atoms with van der Waals surface area (Å²) >= 11 is 0. The lowest BCUT2D eigenvalue weighted by Gasteiger charge is -2.22. The molecule has 2 N–H and O–H groups in total. The summed E-state index contributed by atoms with van der Waals surface area (Å²) in [5.74, 6) is 0.894. The van der Waals surface area contributed by atoms with Gasteiger partial charge in [-0.05, 0) is 36.4 Å². The van der Waals surface area contributed by atoms with Crippen LogP contribution in [0.1, 0.15) is 36.8 Å². The quantitative estimate of drug-likeness (QED) is 0.879. The molecule has 1 unspecified atom stereocenters. The van der Waals surface area contributed by atoms with Crippen LogP contribution in [0.25, 0.3) is 0 Å². The molecule has 0 amide bonds. The highest BCUT2D eigenvalue weighted by Crippen LogP contribution is 2.34. The summed E-state index contributed by atoms with van der Waals surface area (Å²) in [6.07, 6.45) is 1.18. The first kappa shape index (κ1) is 14.4. The normalized spacial score (nSPS) is 18.7. The number of halogens is 3. The third kappa shape index (κ3) is 3.72. The predicted molar refractivity (Wildman–Crippen MR) is 69.7 cm³/mol. The van der Waals surface area contributed by atoms with Gasteiger partial charge in [-0.25, -0.2) is 0 Å². The van der Waals surface area contributed by atoms with E-state index in [1.165, 1.54) is 37.8 Å². The molecule has 1 aromatic carbocycles. The largest absolute Gasteiger partial charge is 0.416 e. The van der Waals surface area contributed by atoms with Crippen LogP contribution in [0.2, 0.25) is 0 Å². The monoisotopic (exact) mass is 271 g/mol. The summed E-state index contributed by atoms with van der Waals surface area (Å²) in [4.78, 5) is 0. The minimum absolute atomic E-state index is 0.311. The Balaban J connectivity index is 2.09. The van der Waals surface area contributed by atoms with Crippen molar-refractivity contribution in [2.75, 3.05) is 6.54 Å². The van der Waals surface area contributed by atoms with E-state index in [0.29, 0.717) is 24.8 Å². The molecule has 0 heterocycles. The molecule has 1 aliphatic rings. The van der Waals surface area contributed by atoms with Gasteiger partial charge in [-0.15, -0.1) is 0 Å². The molecular formula is C15H20F3N. The van der Waals surface area contributed by atoms with Gasteiger partial charge in [-0.2, -0.15) is 13.2 Å². The van der Waals surface area contributed by atoms with E-state index >= 15 is 0 Å². The van der Waals surface area contributed by atoms with Gasteiger partial charge >= 0.3 is 6.18 Å². The van der Waals surface area contributed by atoms with E-state index in [0.717, 1.165) is 11.6 Å². The van der Waals surface area contributed by atoms with E-state index < -0.39 is 11.7 Å². The molecule has 1 nitrogen and oxygen atoms in total. The second-order valence-corrected chi connectivity index (χ2v) is 5.44. The third-order valence-corrected chi connectivity index (χ3v) is 4.12. The Morgan fingerprint density at radius 1 is 1.21 bits per heavy atom. The van der Waals surface area contributed by atoms with Crippen molar-refractivity contribution in [2.45, 2.75) is 38.3 Å². The van der Waals surface area contributed by atoms with Crippen molar-refractivity contribution in [1.82, 2.24) is 0 Å². The number of rotatable bonds is 4.